The van der Waals surface area contributed by atoms with E-state index < -0.39 is 0 Å². The molecule has 1 aromatic carbocycles. The monoisotopic (exact) mass is 282 g/mol. The fourth-order valence-electron chi connectivity index (χ4n) is 2.22. The lowest BCUT2D eigenvalue weighted by Gasteiger charge is -2.07. The lowest BCUT2D eigenvalue weighted by atomic mass is 10.0. The first-order valence-corrected chi connectivity index (χ1v) is 7.80. The van der Waals surface area contributed by atoms with Gasteiger partial charge in [0.1, 0.15) is 0 Å². The Morgan fingerprint density at radius 3 is 2.60 bits per heavy atom. The summed E-state index contributed by atoms with van der Waals surface area (Å²) in [6, 6.07) is 11.0. The van der Waals surface area contributed by atoms with Gasteiger partial charge in [0.15, 0.2) is 0 Å². The normalized spacial score (nSPS) is 11.2. The minimum Gasteiger partial charge on any atom is -0.332 e. The number of thiophene rings is 1. The first-order valence-electron chi connectivity index (χ1n) is 6.85. The van der Waals surface area contributed by atoms with Crippen molar-refractivity contribution >= 4 is 11.3 Å². The smallest absolute Gasteiger partial charge is 0.0956 e. The highest BCUT2D eigenvalue weighted by Crippen LogP contribution is 2.20. The van der Waals surface area contributed by atoms with Crippen LogP contribution in [0.5, 0.6) is 0 Å². The Labute approximate surface area is 123 Å². The second-order valence-corrected chi connectivity index (χ2v) is 6.12. The first-order chi connectivity index (χ1) is 9.72. The Bertz CT molecular complexity index is 663. The molecule has 0 aliphatic carbocycles. The van der Waals surface area contributed by atoms with Crippen molar-refractivity contribution < 1.29 is 0 Å². The van der Waals surface area contributed by atoms with E-state index in [0.717, 1.165) is 12.2 Å². The highest BCUT2D eigenvalue weighted by Gasteiger charge is 2.04. The zero-order valence-corrected chi connectivity index (χ0v) is 12.6. The van der Waals surface area contributed by atoms with Crippen LogP contribution in [0.1, 0.15) is 30.9 Å². The molecule has 0 saturated heterocycles. The van der Waals surface area contributed by atoms with Crippen LogP contribution in [0.15, 0.2) is 53.6 Å². The highest BCUT2D eigenvalue weighted by molar-refractivity contribution is 7.08. The fourth-order valence-corrected chi connectivity index (χ4v) is 2.87. The molecule has 3 rings (SSSR count). The molecule has 2 nitrogen and oxygen atoms in total. The molecule has 0 N–H and O–H groups in total. The first kappa shape index (κ1) is 13.1. The molecule has 2 heterocycles. The van der Waals surface area contributed by atoms with E-state index >= 15 is 0 Å². The van der Waals surface area contributed by atoms with Gasteiger partial charge >= 0.3 is 0 Å². The maximum absolute atomic E-state index is 4.47. The third-order valence-corrected chi connectivity index (χ3v) is 4.14. The molecule has 0 amide bonds. The van der Waals surface area contributed by atoms with Gasteiger partial charge in [0.2, 0.25) is 0 Å². The van der Waals surface area contributed by atoms with E-state index in [2.05, 4.69) is 70.7 Å². The van der Waals surface area contributed by atoms with Crippen LogP contribution in [0.2, 0.25) is 0 Å². The van der Waals surface area contributed by atoms with Gasteiger partial charge < -0.3 is 4.57 Å². The SMILES string of the molecule is CC(C)c1ccc(Cn2cnc(-c3ccsc3)c2)cc1. The number of nitrogens with zero attached hydrogens (tertiary/aromatic N) is 2. The molecule has 0 bridgehead atoms. The fraction of sp³-hybridized carbons (Fsp3) is 0.235. The van der Waals surface area contributed by atoms with Gasteiger partial charge in [0.05, 0.1) is 12.0 Å². The quantitative estimate of drug-likeness (QED) is 0.673. The molecule has 0 aliphatic heterocycles. The van der Waals surface area contributed by atoms with Crippen molar-refractivity contribution in [2.24, 2.45) is 0 Å². The summed E-state index contributed by atoms with van der Waals surface area (Å²) in [6.45, 7) is 5.31. The summed E-state index contributed by atoms with van der Waals surface area (Å²) in [4.78, 5) is 4.47. The maximum atomic E-state index is 4.47. The molecule has 0 atom stereocenters. The number of hydrogen-bond donors (Lipinski definition) is 0. The molecule has 0 spiro atoms. The molecular formula is C17H18N2S. The second kappa shape index (κ2) is 5.63. The summed E-state index contributed by atoms with van der Waals surface area (Å²) in [5, 5.41) is 4.21. The van der Waals surface area contributed by atoms with Crippen LogP contribution < -0.4 is 0 Å². The van der Waals surface area contributed by atoms with Gasteiger partial charge in [-0.05, 0) is 28.5 Å². The molecule has 0 fully saturated rings. The van der Waals surface area contributed by atoms with E-state index in [1.165, 1.54) is 16.7 Å². The summed E-state index contributed by atoms with van der Waals surface area (Å²) in [7, 11) is 0. The number of rotatable bonds is 4. The summed E-state index contributed by atoms with van der Waals surface area (Å²) in [5.74, 6) is 0.586. The van der Waals surface area contributed by atoms with Crippen LogP contribution in [-0.2, 0) is 6.54 Å². The van der Waals surface area contributed by atoms with Crippen LogP contribution in [0.4, 0.5) is 0 Å². The Morgan fingerprint density at radius 1 is 1.15 bits per heavy atom. The minimum absolute atomic E-state index is 0.586. The number of aromatic nitrogens is 2. The van der Waals surface area contributed by atoms with Crippen LogP contribution in [0.25, 0.3) is 11.3 Å². The molecule has 3 aromatic rings. The van der Waals surface area contributed by atoms with E-state index in [0.29, 0.717) is 5.92 Å². The Hall–Kier alpha value is -1.87. The van der Waals surface area contributed by atoms with Crippen LogP contribution >= 0.6 is 11.3 Å². The van der Waals surface area contributed by atoms with Crippen molar-refractivity contribution in [1.82, 2.24) is 9.55 Å². The lowest BCUT2D eigenvalue weighted by molar-refractivity contribution is 0.794. The van der Waals surface area contributed by atoms with Crippen molar-refractivity contribution in [3.63, 3.8) is 0 Å². The third kappa shape index (κ3) is 2.83. The molecular weight excluding hydrogens is 264 g/mol. The predicted octanol–water partition coefficient (Wildman–Crippen LogP) is 4.78. The van der Waals surface area contributed by atoms with E-state index in [1.54, 1.807) is 11.3 Å². The summed E-state index contributed by atoms with van der Waals surface area (Å²) < 4.78 is 2.14. The van der Waals surface area contributed by atoms with Gasteiger partial charge in [-0.3, -0.25) is 0 Å². The zero-order chi connectivity index (χ0) is 13.9. The molecule has 20 heavy (non-hydrogen) atoms. The number of hydrogen-bond acceptors (Lipinski definition) is 2. The summed E-state index contributed by atoms with van der Waals surface area (Å²) in [5.41, 5.74) is 4.94. The average molecular weight is 282 g/mol. The summed E-state index contributed by atoms with van der Waals surface area (Å²) in [6.07, 6.45) is 4.02. The third-order valence-electron chi connectivity index (χ3n) is 3.46. The lowest BCUT2D eigenvalue weighted by Crippen LogP contribution is -1.97. The van der Waals surface area contributed by atoms with Gasteiger partial charge in [-0.25, -0.2) is 4.98 Å². The van der Waals surface area contributed by atoms with Gasteiger partial charge in [-0.1, -0.05) is 38.1 Å². The van der Waals surface area contributed by atoms with E-state index in [4.69, 9.17) is 0 Å². The molecule has 3 heteroatoms. The van der Waals surface area contributed by atoms with Gasteiger partial charge in [-0.2, -0.15) is 11.3 Å². The molecule has 0 saturated carbocycles. The number of imidazole rings is 1. The zero-order valence-electron chi connectivity index (χ0n) is 11.8. The van der Waals surface area contributed by atoms with Gasteiger partial charge in [0.25, 0.3) is 0 Å². The van der Waals surface area contributed by atoms with E-state index in [-0.39, 0.29) is 0 Å². The van der Waals surface area contributed by atoms with E-state index in [1.807, 2.05) is 6.33 Å². The Morgan fingerprint density at radius 2 is 1.95 bits per heavy atom. The summed E-state index contributed by atoms with van der Waals surface area (Å²) >= 11 is 1.70. The van der Waals surface area contributed by atoms with Crippen LogP contribution in [0.3, 0.4) is 0 Å². The second-order valence-electron chi connectivity index (χ2n) is 5.34. The molecule has 0 unspecified atom stereocenters. The minimum atomic E-state index is 0.586. The van der Waals surface area contributed by atoms with Crippen molar-refractivity contribution in [2.75, 3.05) is 0 Å². The average Bonchev–Trinajstić information content (AvgIpc) is 3.09. The van der Waals surface area contributed by atoms with Crippen LogP contribution in [0, 0.1) is 0 Å². The topological polar surface area (TPSA) is 17.8 Å². The van der Waals surface area contributed by atoms with Gasteiger partial charge in [0, 0.05) is 23.7 Å². The maximum Gasteiger partial charge on any atom is 0.0956 e. The predicted molar refractivity (Wildman–Crippen MR) is 85.2 cm³/mol. The van der Waals surface area contributed by atoms with Crippen molar-refractivity contribution in [3.05, 3.63) is 64.7 Å². The Balaban J connectivity index is 1.75. The largest absolute Gasteiger partial charge is 0.332 e. The molecule has 0 radical (unpaired) electrons. The van der Waals surface area contributed by atoms with Crippen molar-refractivity contribution in [1.29, 1.82) is 0 Å². The van der Waals surface area contributed by atoms with E-state index in [9.17, 15) is 0 Å². The number of benzene rings is 1. The standard InChI is InChI=1S/C17H18N2S/c1-13(2)15-5-3-14(4-6-15)9-19-10-17(18-12-19)16-7-8-20-11-16/h3-8,10-13H,9H2,1-2H3. The van der Waals surface area contributed by atoms with Crippen LogP contribution in [-0.4, -0.2) is 9.55 Å². The Kier molecular flexibility index (Phi) is 3.70. The van der Waals surface area contributed by atoms with Gasteiger partial charge in [-0.15, -0.1) is 0 Å². The molecule has 0 aliphatic rings. The molecule has 2 aromatic heterocycles. The van der Waals surface area contributed by atoms with Crippen molar-refractivity contribution in [2.45, 2.75) is 26.3 Å². The highest BCUT2D eigenvalue weighted by atomic mass is 32.1. The molecule has 102 valence electrons. The van der Waals surface area contributed by atoms with Crippen molar-refractivity contribution in [3.8, 4) is 11.3 Å².